The Balaban J connectivity index is 2.49. The number of pyridine rings is 1. The van der Waals surface area contributed by atoms with Crippen molar-refractivity contribution in [3.63, 3.8) is 0 Å². The Morgan fingerprint density at radius 3 is 2.82 bits per heavy atom. The molecule has 0 aliphatic carbocycles. The predicted octanol–water partition coefficient (Wildman–Crippen LogP) is 3.84. The summed E-state index contributed by atoms with van der Waals surface area (Å²) in [7, 11) is 0. The topological polar surface area (TPSA) is 36.7 Å². The second kappa shape index (κ2) is 4.99. The molecule has 0 amide bonds. The van der Waals surface area contributed by atoms with E-state index in [0.717, 1.165) is 17.5 Å². The molecule has 1 aromatic carbocycles. The Bertz CT molecular complexity index is 585. The molecule has 17 heavy (non-hydrogen) atoms. The van der Waals surface area contributed by atoms with Crippen LogP contribution < -0.4 is 0 Å². The molecule has 0 bridgehead atoms. The monoisotopic (exact) mass is 242 g/mol. The standard InChI is InChI=1S/C14H11ClN2/c1-2-10-4-3-5-11(6-10)13-7-12(8-16)14(15)17-9-13/h3-7,9H,2H2,1H3. The van der Waals surface area contributed by atoms with E-state index in [-0.39, 0.29) is 5.15 Å². The SMILES string of the molecule is CCc1cccc(-c2cnc(Cl)c(C#N)c2)c1. The van der Waals surface area contributed by atoms with Gasteiger partial charge in [-0.2, -0.15) is 5.26 Å². The van der Waals surface area contributed by atoms with E-state index in [0.29, 0.717) is 5.56 Å². The molecule has 0 aliphatic heterocycles. The van der Waals surface area contributed by atoms with Crippen LogP contribution in [0.4, 0.5) is 0 Å². The van der Waals surface area contributed by atoms with Gasteiger partial charge in [0.2, 0.25) is 0 Å². The molecule has 0 spiro atoms. The number of hydrogen-bond acceptors (Lipinski definition) is 2. The van der Waals surface area contributed by atoms with Crippen molar-refractivity contribution in [2.24, 2.45) is 0 Å². The minimum Gasteiger partial charge on any atom is -0.243 e. The molecule has 2 nitrogen and oxygen atoms in total. The van der Waals surface area contributed by atoms with Gasteiger partial charge in [-0.25, -0.2) is 4.98 Å². The zero-order chi connectivity index (χ0) is 12.3. The molecule has 0 fully saturated rings. The molecule has 0 saturated carbocycles. The number of nitrogens with zero attached hydrogens (tertiary/aromatic N) is 2. The van der Waals surface area contributed by atoms with Gasteiger partial charge in [-0.05, 0) is 23.6 Å². The lowest BCUT2D eigenvalue weighted by Crippen LogP contribution is -1.87. The van der Waals surface area contributed by atoms with Crippen molar-refractivity contribution in [2.75, 3.05) is 0 Å². The highest BCUT2D eigenvalue weighted by molar-refractivity contribution is 6.30. The van der Waals surface area contributed by atoms with Gasteiger partial charge >= 0.3 is 0 Å². The van der Waals surface area contributed by atoms with E-state index in [2.05, 4.69) is 24.0 Å². The molecule has 0 unspecified atom stereocenters. The van der Waals surface area contributed by atoms with Crippen LogP contribution in [0, 0.1) is 11.3 Å². The quantitative estimate of drug-likeness (QED) is 0.751. The summed E-state index contributed by atoms with van der Waals surface area (Å²) in [5.41, 5.74) is 3.65. The van der Waals surface area contributed by atoms with E-state index in [1.807, 2.05) is 18.2 Å². The summed E-state index contributed by atoms with van der Waals surface area (Å²) < 4.78 is 0. The smallest absolute Gasteiger partial charge is 0.146 e. The fraction of sp³-hybridized carbons (Fsp3) is 0.143. The van der Waals surface area contributed by atoms with Gasteiger partial charge < -0.3 is 0 Å². The van der Waals surface area contributed by atoms with E-state index in [4.69, 9.17) is 16.9 Å². The molecule has 0 N–H and O–H groups in total. The average molecular weight is 243 g/mol. The van der Waals surface area contributed by atoms with Crippen molar-refractivity contribution >= 4 is 11.6 Å². The molecule has 0 saturated heterocycles. The number of nitriles is 1. The van der Waals surface area contributed by atoms with E-state index < -0.39 is 0 Å². The van der Waals surface area contributed by atoms with Crippen LogP contribution in [0.25, 0.3) is 11.1 Å². The molecular weight excluding hydrogens is 232 g/mol. The van der Waals surface area contributed by atoms with Crippen molar-refractivity contribution in [1.82, 2.24) is 4.98 Å². The maximum absolute atomic E-state index is 8.92. The van der Waals surface area contributed by atoms with Crippen molar-refractivity contribution < 1.29 is 0 Å². The third-order valence-electron chi connectivity index (χ3n) is 2.63. The summed E-state index contributed by atoms with van der Waals surface area (Å²) in [6, 6.07) is 12.0. The Morgan fingerprint density at radius 2 is 2.12 bits per heavy atom. The van der Waals surface area contributed by atoms with Crippen LogP contribution in [0.2, 0.25) is 5.15 Å². The molecular formula is C14H11ClN2. The Hall–Kier alpha value is -1.85. The highest BCUT2D eigenvalue weighted by Crippen LogP contribution is 2.23. The number of halogens is 1. The Labute approximate surface area is 105 Å². The molecule has 1 heterocycles. The first-order chi connectivity index (χ1) is 8.24. The second-order valence-corrected chi connectivity index (χ2v) is 4.09. The summed E-state index contributed by atoms with van der Waals surface area (Å²) in [6.45, 7) is 2.11. The lowest BCUT2D eigenvalue weighted by molar-refractivity contribution is 1.14. The van der Waals surface area contributed by atoms with Crippen molar-refractivity contribution in [3.8, 4) is 17.2 Å². The number of rotatable bonds is 2. The summed E-state index contributed by atoms with van der Waals surface area (Å²) in [5, 5.41) is 9.17. The Morgan fingerprint density at radius 1 is 1.29 bits per heavy atom. The van der Waals surface area contributed by atoms with Crippen LogP contribution in [-0.2, 0) is 6.42 Å². The molecule has 1 aromatic heterocycles. The first-order valence-corrected chi connectivity index (χ1v) is 5.77. The highest BCUT2D eigenvalue weighted by Gasteiger charge is 2.04. The summed E-state index contributed by atoms with van der Waals surface area (Å²) in [4.78, 5) is 4.02. The third kappa shape index (κ3) is 2.46. The van der Waals surface area contributed by atoms with Gasteiger partial charge in [0.15, 0.2) is 0 Å². The van der Waals surface area contributed by atoms with Gasteiger partial charge in [0.25, 0.3) is 0 Å². The number of aromatic nitrogens is 1. The van der Waals surface area contributed by atoms with Gasteiger partial charge in [0.1, 0.15) is 11.2 Å². The Kier molecular flexibility index (Phi) is 3.41. The van der Waals surface area contributed by atoms with Gasteiger partial charge in [0, 0.05) is 11.8 Å². The van der Waals surface area contributed by atoms with E-state index in [1.54, 1.807) is 12.3 Å². The minimum atomic E-state index is 0.253. The molecule has 2 aromatic rings. The third-order valence-corrected chi connectivity index (χ3v) is 2.93. The zero-order valence-corrected chi connectivity index (χ0v) is 10.2. The van der Waals surface area contributed by atoms with E-state index in [1.165, 1.54) is 5.56 Å². The molecule has 0 radical (unpaired) electrons. The maximum Gasteiger partial charge on any atom is 0.146 e. The van der Waals surface area contributed by atoms with Gasteiger partial charge in [-0.15, -0.1) is 0 Å². The number of hydrogen-bond donors (Lipinski definition) is 0. The molecule has 3 heteroatoms. The minimum absolute atomic E-state index is 0.253. The summed E-state index contributed by atoms with van der Waals surface area (Å²) in [6.07, 6.45) is 2.68. The lowest BCUT2D eigenvalue weighted by Gasteiger charge is -2.04. The van der Waals surface area contributed by atoms with Crippen LogP contribution >= 0.6 is 11.6 Å². The van der Waals surface area contributed by atoms with Crippen LogP contribution in [0.1, 0.15) is 18.1 Å². The van der Waals surface area contributed by atoms with Gasteiger partial charge in [-0.1, -0.05) is 42.8 Å². The summed E-state index contributed by atoms with van der Waals surface area (Å²) in [5.74, 6) is 0. The average Bonchev–Trinajstić information content (AvgIpc) is 2.39. The van der Waals surface area contributed by atoms with E-state index >= 15 is 0 Å². The van der Waals surface area contributed by atoms with Crippen LogP contribution in [0.15, 0.2) is 36.5 Å². The van der Waals surface area contributed by atoms with Crippen LogP contribution in [0.3, 0.4) is 0 Å². The number of aryl methyl sites for hydroxylation is 1. The lowest BCUT2D eigenvalue weighted by atomic mass is 10.0. The molecule has 84 valence electrons. The number of benzene rings is 1. The van der Waals surface area contributed by atoms with Crippen molar-refractivity contribution in [2.45, 2.75) is 13.3 Å². The van der Waals surface area contributed by atoms with Gasteiger partial charge in [-0.3, -0.25) is 0 Å². The molecule has 0 atom stereocenters. The molecule has 0 aliphatic rings. The first-order valence-electron chi connectivity index (χ1n) is 5.39. The maximum atomic E-state index is 8.92. The van der Waals surface area contributed by atoms with Crippen molar-refractivity contribution in [1.29, 1.82) is 5.26 Å². The van der Waals surface area contributed by atoms with Crippen molar-refractivity contribution in [3.05, 3.63) is 52.8 Å². The largest absolute Gasteiger partial charge is 0.243 e. The second-order valence-electron chi connectivity index (χ2n) is 3.73. The fourth-order valence-corrected chi connectivity index (χ4v) is 1.80. The van der Waals surface area contributed by atoms with Gasteiger partial charge in [0.05, 0.1) is 5.56 Å². The van der Waals surface area contributed by atoms with E-state index in [9.17, 15) is 0 Å². The van der Waals surface area contributed by atoms with Crippen LogP contribution in [-0.4, -0.2) is 4.98 Å². The first kappa shape index (κ1) is 11.6. The normalized spacial score (nSPS) is 9.94. The summed E-state index contributed by atoms with van der Waals surface area (Å²) >= 11 is 5.81. The predicted molar refractivity (Wildman–Crippen MR) is 68.8 cm³/mol. The fourth-order valence-electron chi connectivity index (χ4n) is 1.66. The highest BCUT2D eigenvalue weighted by atomic mass is 35.5. The zero-order valence-electron chi connectivity index (χ0n) is 9.44. The molecule has 2 rings (SSSR count). The van der Waals surface area contributed by atoms with Crippen LogP contribution in [0.5, 0.6) is 0 Å².